The van der Waals surface area contributed by atoms with Gasteiger partial charge in [0.2, 0.25) is 0 Å². The Balaban J connectivity index is 2.16. The van der Waals surface area contributed by atoms with Crippen molar-refractivity contribution in [1.29, 1.82) is 0 Å². The van der Waals surface area contributed by atoms with Crippen LogP contribution in [0.2, 0.25) is 0 Å². The summed E-state index contributed by atoms with van der Waals surface area (Å²) in [6.45, 7) is 2.70. The Kier molecular flexibility index (Phi) is 4.65. The number of carbonyl (C=O) groups excluding carboxylic acids is 1. The number of unbranched alkanes of at least 4 members (excludes halogenated alkanes) is 1. The molecule has 104 valence electrons. The molecule has 0 unspecified atom stereocenters. The quantitative estimate of drug-likeness (QED) is 0.816. The molecule has 5 heteroatoms. The molecule has 1 aromatic carbocycles. The van der Waals surface area contributed by atoms with E-state index in [1.165, 1.54) is 6.20 Å². The molecule has 0 bridgehead atoms. The van der Waals surface area contributed by atoms with Crippen LogP contribution < -0.4 is 11.1 Å². The second-order valence-electron chi connectivity index (χ2n) is 4.47. The number of nitrogens with one attached hydrogen (secondary N) is 1. The van der Waals surface area contributed by atoms with Gasteiger partial charge in [0, 0.05) is 18.3 Å². The molecule has 1 heterocycles. The third-order valence-electron chi connectivity index (χ3n) is 2.91. The van der Waals surface area contributed by atoms with Crippen molar-refractivity contribution in [2.24, 2.45) is 0 Å². The minimum atomic E-state index is -0.226. The van der Waals surface area contributed by atoms with Crippen molar-refractivity contribution in [3.8, 4) is 11.4 Å². The van der Waals surface area contributed by atoms with Crippen LogP contribution in [-0.2, 0) is 0 Å². The molecule has 2 rings (SSSR count). The van der Waals surface area contributed by atoms with Gasteiger partial charge in [-0.15, -0.1) is 0 Å². The average molecular weight is 270 g/mol. The Labute approximate surface area is 118 Å². The van der Waals surface area contributed by atoms with Crippen LogP contribution in [0.25, 0.3) is 11.4 Å². The van der Waals surface area contributed by atoms with Gasteiger partial charge in [-0.05, 0) is 6.42 Å². The van der Waals surface area contributed by atoms with Crippen molar-refractivity contribution < 1.29 is 4.79 Å². The molecule has 1 aromatic heterocycles. The lowest BCUT2D eigenvalue weighted by atomic mass is 10.2. The lowest BCUT2D eigenvalue weighted by Gasteiger charge is -2.07. The molecule has 0 aliphatic carbocycles. The van der Waals surface area contributed by atoms with Crippen LogP contribution in [-0.4, -0.2) is 22.4 Å². The van der Waals surface area contributed by atoms with E-state index in [1.807, 2.05) is 30.3 Å². The zero-order chi connectivity index (χ0) is 14.4. The summed E-state index contributed by atoms with van der Waals surface area (Å²) in [5, 5.41) is 2.80. The fourth-order valence-corrected chi connectivity index (χ4v) is 1.77. The fourth-order valence-electron chi connectivity index (χ4n) is 1.77. The molecular weight excluding hydrogens is 252 g/mol. The van der Waals surface area contributed by atoms with E-state index in [-0.39, 0.29) is 11.7 Å². The summed E-state index contributed by atoms with van der Waals surface area (Å²) in [6.07, 6.45) is 3.44. The summed E-state index contributed by atoms with van der Waals surface area (Å²) < 4.78 is 0. The zero-order valence-electron chi connectivity index (χ0n) is 11.5. The Morgan fingerprint density at radius 2 is 2.05 bits per heavy atom. The number of aromatic nitrogens is 2. The maximum Gasteiger partial charge on any atom is 0.256 e. The van der Waals surface area contributed by atoms with Gasteiger partial charge in [0.1, 0.15) is 5.82 Å². The second kappa shape index (κ2) is 6.65. The zero-order valence-corrected chi connectivity index (χ0v) is 11.5. The molecule has 0 atom stereocenters. The van der Waals surface area contributed by atoms with E-state index in [4.69, 9.17) is 5.73 Å². The van der Waals surface area contributed by atoms with Crippen LogP contribution in [0, 0.1) is 0 Å². The summed E-state index contributed by atoms with van der Waals surface area (Å²) in [4.78, 5) is 20.3. The van der Waals surface area contributed by atoms with Crippen LogP contribution in [0.4, 0.5) is 5.82 Å². The Bertz CT molecular complexity index is 584. The summed E-state index contributed by atoms with van der Waals surface area (Å²) >= 11 is 0. The first-order valence-corrected chi connectivity index (χ1v) is 6.68. The van der Waals surface area contributed by atoms with Crippen molar-refractivity contribution in [2.75, 3.05) is 12.3 Å². The number of rotatable bonds is 5. The van der Waals surface area contributed by atoms with E-state index in [9.17, 15) is 4.79 Å². The van der Waals surface area contributed by atoms with Gasteiger partial charge in [-0.3, -0.25) is 4.79 Å². The predicted molar refractivity (Wildman–Crippen MR) is 79.1 cm³/mol. The molecule has 5 nitrogen and oxygen atoms in total. The molecule has 0 aliphatic rings. The highest BCUT2D eigenvalue weighted by Gasteiger charge is 2.12. The Morgan fingerprint density at radius 1 is 1.30 bits per heavy atom. The normalized spacial score (nSPS) is 10.2. The first-order chi connectivity index (χ1) is 9.72. The van der Waals surface area contributed by atoms with Crippen LogP contribution in [0.5, 0.6) is 0 Å². The first-order valence-electron chi connectivity index (χ1n) is 6.68. The fraction of sp³-hybridized carbons (Fsp3) is 0.267. The van der Waals surface area contributed by atoms with Crippen molar-refractivity contribution in [3.05, 3.63) is 42.1 Å². The van der Waals surface area contributed by atoms with Gasteiger partial charge in [-0.2, -0.15) is 0 Å². The van der Waals surface area contributed by atoms with Gasteiger partial charge in [0.25, 0.3) is 5.91 Å². The number of hydrogen-bond donors (Lipinski definition) is 2. The predicted octanol–water partition coefficient (Wildman–Crippen LogP) is 2.26. The van der Waals surface area contributed by atoms with Crippen molar-refractivity contribution in [3.63, 3.8) is 0 Å². The van der Waals surface area contributed by atoms with Crippen LogP contribution in [0.1, 0.15) is 30.1 Å². The smallest absolute Gasteiger partial charge is 0.256 e. The van der Waals surface area contributed by atoms with E-state index in [2.05, 4.69) is 22.2 Å². The maximum absolute atomic E-state index is 11.9. The van der Waals surface area contributed by atoms with Gasteiger partial charge in [0.15, 0.2) is 5.82 Å². The SMILES string of the molecule is CCCCNC(=O)c1cnc(-c2ccccc2)nc1N. The summed E-state index contributed by atoms with van der Waals surface area (Å²) in [5.74, 6) is 0.497. The number of nitrogens with zero attached hydrogens (tertiary/aromatic N) is 2. The van der Waals surface area contributed by atoms with Crippen LogP contribution >= 0.6 is 0 Å². The molecule has 0 saturated carbocycles. The highest BCUT2D eigenvalue weighted by molar-refractivity contribution is 5.98. The molecule has 0 spiro atoms. The lowest BCUT2D eigenvalue weighted by Crippen LogP contribution is -2.25. The monoisotopic (exact) mass is 270 g/mol. The number of hydrogen-bond acceptors (Lipinski definition) is 4. The molecule has 0 radical (unpaired) electrons. The van der Waals surface area contributed by atoms with Gasteiger partial charge in [0.05, 0.1) is 5.56 Å². The Morgan fingerprint density at radius 3 is 2.70 bits per heavy atom. The minimum absolute atomic E-state index is 0.202. The van der Waals surface area contributed by atoms with Crippen molar-refractivity contribution in [1.82, 2.24) is 15.3 Å². The largest absolute Gasteiger partial charge is 0.383 e. The number of nitrogen functional groups attached to an aromatic ring is 1. The maximum atomic E-state index is 11.9. The molecule has 2 aromatic rings. The molecule has 0 aliphatic heterocycles. The summed E-state index contributed by atoms with van der Waals surface area (Å²) in [6, 6.07) is 9.52. The topological polar surface area (TPSA) is 80.9 Å². The number of benzene rings is 1. The summed E-state index contributed by atoms with van der Waals surface area (Å²) in [5.41, 5.74) is 7.04. The first kappa shape index (κ1) is 14.0. The summed E-state index contributed by atoms with van der Waals surface area (Å²) in [7, 11) is 0. The van der Waals surface area contributed by atoms with Gasteiger partial charge < -0.3 is 11.1 Å². The average Bonchev–Trinajstić information content (AvgIpc) is 2.48. The number of amides is 1. The van der Waals surface area contributed by atoms with Gasteiger partial charge in [-0.1, -0.05) is 43.7 Å². The molecule has 1 amide bonds. The highest BCUT2D eigenvalue weighted by atomic mass is 16.1. The van der Waals surface area contributed by atoms with E-state index < -0.39 is 0 Å². The third kappa shape index (κ3) is 3.32. The van der Waals surface area contributed by atoms with Crippen molar-refractivity contribution >= 4 is 11.7 Å². The van der Waals surface area contributed by atoms with E-state index in [0.29, 0.717) is 17.9 Å². The molecule has 0 saturated heterocycles. The van der Waals surface area contributed by atoms with E-state index >= 15 is 0 Å². The minimum Gasteiger partial charge on any atom is -0.383 e. The molecule has 3 N–H and O–H groups in total. The molecule has 20 heavy (non-hydrogen) atoms. The second-order valence-corrected chi connectivity index (χ2v) is 4.47. The Hall–Kier alpha value is -2.43. The number of anilines is 1. The van der Waals surface area contributed by atoms with Crippen molar-refractivity contribution in [2.45, 2.75) is 19.8 Å². The van der Waals surface area contributed by atoms with Crippen LogP contribution in [0.3, 0.4) is 0 Å². The van der Waals surface area contributed by atoms with Gasteiger partial charge >= 0.3 is 0 Å². The number of carbonyl (C=O) groups is 1. The standard InChI is InChI=1S/C15H18N4O/c1-2-3-9-17-15(20)12-10-18-14(19-13(12)16)11-7-5-4-6-8-11/h4-8,10H,2-3,9H2,1H3,(H,17,20)(H2,16,18,19). The van der Waals surface area contributed by atoms with E-state index in [1.54, 1.807) is 0 Å². The van der Waals surface area contributed by atoms with Gasteiger partial charge in [-0.25, -0.2) is 9.97 Å². The molecular formula is C15H18N4O. The van der Waals surface area contributed by atoms with Crippen LogP contribution in [0.15, 0.2) is 36.5 Å². The lowest BCUT2D eigenvalue weighted by molar-refractivity contribution is 0.0953. The highest BCUT2D eigenvalue weighted by Crippen LogP contribution is 2.17. The number of nitrogens with two attached hydrogens (primary N) is 1. The third-order valence-corrected chi connectivity index (χ3v) is 2.91. The van der Waals surface area contributed by atoms with E-state index in [0.717, 1.165) is 18.4 Å². The molecule has 0 fully saturated rings.